The fourth-order valence-electron chi connectivity index (χ4n) is 5.99. The molecule has 38 heavy (non-hydrogen) atoms. The van der Waals surface area contributed by atoms with Crippen molar-refractivity contribution in [1.82, 2.24) is 19.8 Å². The van der Waals surface area contributed by atoms with Crippen molar-refractivity contribution in [1.29, 1.82) is 0 Å². The molecule has 1 saturated carbocycles. The van der Waals surface area contributed by atoms with Crippen LogP contribution in [0.25, 0.3) is 10.8 Å². The quantitative estimate of drug-likeness (QED) is 0.269. The lowest BCUT2D eigenvalue weighted by Gasteiger charge is -2.27. The van der Waals surface area contributed by atoms with Crippen LogP contribution in [0.3, 0.4) is 0 Å². The molecule has 1 aliphatic carbocycles. The minimum atomic E-state index is -0.0768. The van der Waals surface area contributed by atoms with Gasteiger partial charge in [0.2, 0.25) is 5.91 Å². The highest BCUT2D eigenvalue weighted by Crippen LogP contribution is 2.40. The lowest BCUT2D eigenvalue weighted by atomic mass is 9.95. The number of hydrogen-bond acceptors (Lipinski definition) is 3. The van der Waals surface area contributed by atoms with Gasteiger partial charge in [0.1, 0.15) is 0 Å². The molecule has 0 unspecified atom stereocenters. The summed E-state index contributed by atoms with van der Waals surface area (Å²) in [6.07, 6.45) is 13.0. The van der Waals surface area contributed by atoms with Crippen LogP contribution in [-0.2, 0) is 4.79 Å². The van der Waals surface area contributed by atoms with Gasteiger partial charge >= 0.3 is 0 Å². The Morgan fingerprint density at radius 2 is 1.82 bits per heavy atom. The number of anilines is 1. The number of fused-ring (bicyclic) bond motifs is 1. The first-order valence-corrected chi connectivity index (χ1v) is 14.0. The Bertz CT molecular complexity index is 1420. The molecular weight excluding hydrogens is 490 g/mol. The molecule has 2 N–H and O–H groups in total. The van der Waals surface area contributed by atoms with Crippen LogP contribution in [0.5, 0.6) is 0 Å². The second-order valence-corrected chi connectivity index (χ2v) is 10.7. The van der Waals surface area contributed by atoms with Crippen LogP contribution >= 0.6 is 12.2 Å². The van der Waals surface area contributed by atoms with E-state index in [1.807, 2.05) is 54.7 Å². The molecule has 2 fully saturated rings. The third kappa shape index (κ3) is 5.03. The van der Waals surface area contributed by atoms with Crippen molar-refractivity contribution >= 4 is 39.7 Å². The molecule has 2 atom stereocenters. The van der Waals surface area contributed by atoms with Crippen molar-refractivity contribution in [3.8, 4) is 0 Å². The summed E-state index contributed by atoms with van der Waals surface area (Å²) in [6.45, 7) is 0.519. The Morgan fingerprint density at radius 3 is 2.66 bits per heavy atom. The van der Waals surface area contributed by atoms with Gasteiger partial charge in [-0.05, 0) is 60.3 Å². The molecule has 1 saturated heterocycles. The van der Waals surface area contributed by atoms with Crippen molar-refractivity contribution in [2.75, 3.05) is 11.9 Å². The molecular formula is C31H33N5OS. The Labute approximate surface area is 229 Å². The number of rotatable bonds is 7. The molecule has 2 aromatic carbocycles. The zero-order valence-electron chi connectivity index (χ0n) is 21.4. The molecule has 0 bridgehead atoms. The van der Waals surface area contributed by atoms with Crippen molar-refractivity contribution in [3.05, 3.63) is 96.6 Å². The predicted octanol–water partition coefficient (Wildman–Crippen LogP) is 6.54. The number of benzene rings is 2. The van der Waals surface area contributed by atoms with E-state index in [1.165, 1.54) is 37.7 Å². The summed E-state index contributed by atoms with van der Waals surface area (Å²) < 4.78 is 2.39. The van der Waals surface area contributed by atoms with E-state index >= 15 is 0 Å². The first-order chi connectivity index (χ1) is 18.7. The summed E-state index contributed by atoms with van der Waals surface area (Å²) in [5.74, 6) is -0.0241. The molecule has 2 aromatic heterocycles. The van der Waals surface area contributed by atoms with Crippen LogP contribution in [0.2, 0.25) is 0 Å². The Morgan fingerprint density at radius 1 is 1.00 bits per heavy atom. The molecule has 6 nitrogen and oxygen atoms in total. The summed E-state index contributed by atoms with van der Waals surface area (Å²) in [5.41, 5.74) is 2.99. The van der Waals surface area contributed by atoms with E-state index in [2.05, 4.69) is 55.7 Å². The number of nitrogens with zero attached hydrogens (tertiary/aromatic N) is 3. The molecule has 0 spiro atoms. The highest BCUT2D eigenvalue weighted by Gasteiger charge is 2.40. The molecule has 3 heterocycles. The van der Waals surface area contributed by atoms with Gasteiger partial charge < -0.3 is 20.1 Å². The van der Waals surface area contributed by atoms with Gasteiger partial charge in [0.05, 0.1) is 17.8 Å². The van der Waals surface area contributed by atoms with Gasteiger partial charge in [-0.1, -0.05) is 61.7 Å². The standard InChI is InChI=1S/C31H33N5OS/c37-28(33-26-15-8-10-22-9-4-5-13-25(22)26)17-20-36-30(29(34-31(36)38)27-14-6-7-18-32-27)23-16-19-35(21-23)24-11-2-1-3-12-24/h4-10,13-16,18-19,21,24,29-30H,1-3,11-12,17,20H2,(H,33,37)(H,34,38)/t29-,30-/m1/s1. The van der Waals surface area contributed by atoms with Crippen LogP contribution < -0.4 is 10.6 Å². The van der Waals surface area contributed by atoms with Crippen LogP contribution in [0.4, 0.5) is 5.69 Å². The predicted molar refractivity (Wildman–Crippen MR) is 156 cm³/mol. The Balaban J connectivity index is 1.22. The summed E-state index contributed by atoms with van der Waals surface area (Å²) >= 11 is 5.82. The lowest BCUT2D eigenvalue weighted by Crippen LogP contribution is -2.32. The van der Waals surface area contributed by atoms with Gasteiger partial charge in [0.15, 0.2) is 5.11 Å². The van der Waals surface area contributed by atoms with Crippen molar-refractivity contribution in [3.63, 3.8) is 0 Å². The van der Waals surface area contributed by atoms with Gasteiger partial charge in [-0.2, -0.15) is 0 Å². The van der Waals surface area contributed by atoms with E-state index in [0.29, 0.717) is 24.1 Å². The SMILES string of the molecule is O=C(CCN1C(=S)N[C@H](c2ccccn2)[C@H]1c1ccn(C2CCCCC2)c1)Nc1cccc2ccccc12. The lowest BCUT2D eigenvalue weighted by molar-refractivity contribution is -0.116. The van der Waals surface area contributed by atoms with Gasteiger partial charge in [0, 0.05) is 48.7 Å². The zero-order valence-corrected chi connectivity index (χ0v) is 22.2. The first kappa shape index (κ1) is 24.6. The van der Waals surface area contributed by atoms with Crippen LogP contribution in [-0.4, -0.2) is 32.0 Å². The number of carbonyl (C=O) groups excluding carboxylic acids is 1. The topological polar surface area (TPSA) is 62.2 Å². The summed E-state index contributed by atoms with van der Waals surface area (Å²) in [4.78, 5) is 19.9. The van der Waals surface area contributed by atoms with E-state index in [4.69, 9.17) is 12.2 Å². The van der Waals surface area contributed by atoms with E-state index in [1.54, 1.807) is 0 Å². The summed E-state index contributed by atoms with van der Waals surface area (Å²) in [7, 11) is 0. The molecule has 1 amide bonds. The molecule has 4 aromatic rings. The van der Waals surface area contributed by atoms with Crippen LogP contribution in [0, 0.1) is 0 Å². The molecule has 2 aliphatic rings. The highest BCUT2D eigenvalue weighted by atomic mass is 32.1. The van der Waals surface area contributed by atoms with Crippen molar-refractivity contribution in [2.45, 2.75) is 56.7 Å². The molecule has 1 aliphatic heterocycles. The van der Waals surface area contributed by atoms with E-state index < -0.39 is 0 Å². The maximum Gasteiger partial charge on any atom is 0.226 e. The number of carbonyl (C=O) groups is 1. The molecule has 194 valence electrons. The van der Waals surface area contributed by atoms with Gasteiger partial charge in [-0.3, -0.25) is 9.78 Å². The van der Waals surface area contributed by atoms with Gasteiger partial charge in [-0.25, -0.2) is 0 Å². The molecule has 7 heteroatoms. The third-order valence-electron chi connectivity index (χ3n) is 7.92. The number of nitrogens with one attached hydrogen (secondary N) is 2. The minimum Gasteiger partial charge on any atom is -0.352 e. The minimum absolute atomic E-state index is 0.0241. The number of thiocarbonyl (C=S) groups is 1. The van der Waals surface area contributed by atoms with Gasteiger partial charge in [-0.15, -0.1) is 0 Å². The summed E-state index contributed by atoms with van der Waals surface area (Å²) in [6, 6.07) is 22.7. The summed E-state index contributed by atoms with van der Waals surface area (Å²) in [5, 5.41) is 9.44. The van der Waals surface area contributed by atoms with Crippen LogP contribution in [0.1, 0.15) is 67.9 Å². The smallest absolute Gasteiger partial charge is 0.226 e. The first-order valence-electron chi connectivity index (χ1n) is 13.6. The van der Waals surface area contributed by atoms with Crippen molar-refractivity contribution in [2.24, 2.45) is 0 Å². The molecule has 6 rings (SSSR count). The van der Waals surface area contributed by atoms with Gasteiger partial charge in [0.25, 0.3) is 0 Å². The number of amides is 1. The molecule has 0 radical (unpaired) electrons. The average Bonchev–Trinajstić information content (AvgIpc) is 3.57. The highest BCUT2D eigenvalue weighted by molar-refractivity contribution is 7.80. The number of hydrogen-bond donors (Lipinski definition) is 2. The fraction of sp³-hybridized carbons (Fsp3) is 0.323. The van der Waals surface area contributed by atoms with Crippen LogP contribution in [0.15, 0.2) is 85.3 Å². The monoisotopic (exact) mass is 523 g/mol. The maximum absolute atomic E-state index is 13.1. The second-order valence-electron chi connectivity index (χ2n) is 10.3. The number of aromatic nitrogens is 2. The Hall–Kier alpha value is -3.71. The Kier molecular flexibility index (Phi) is 7.10. The zero-order chi connectivity index (χ0) is 25.9. The third-order valence-corrected chi connectivity index (χ3v) is 8.27. The second kappa shape index (κ2) is 11.0. The van der Waals surface area contributed by atoms with E-state index in [-0.39, 0.29) is 18.0 Å². The van der Waals surface area contributed by atoms with E-state index in [9.17, 15) is 4.79 Å². The fourth-order valence-corrected chi connectivity index (χ4v) is 6.32. The van der Waals surface area contributed by atoms with E-state index in [0.717, 1.165) is 22.2 Å². The normalized spacial score (nSPS) is 20.0. The maximum atomic E-state index is 13.1. The number of pyridine rings is 1. The average molecular weight is 524 g/mol. The largest absolute Gasteiger partial charge is 0.352 e. The van der Waals surface area contributed by atoms with Crippen molar-refractivity contribution < 1.29 is 4.79 Å².